The summed E-state index contributed by atoms with van der Waals surface area (Å²) in [6.45, 7) is 4.36. The molecular formula is C19H20N2O2S. The smallest absolute Gasteiger partial charge is 0.237 e. The molecule has 1 aliphatic heterocycles. The number of hydrogen-bond acceptors (Lipinski definition) is 3. The van der Waals surface area contributed by atoms with Crippen LogP contribution < -0.4 is 10.6 Å². The second-order valence-electron chi connectivity index (χ2n) is 6.02. The second-order valence-corrected chi connectivity index (χ2v) is 7.41. The Bertz CT molecular complexity index is 789. The van der Waals surface area contributed by atoms with Gasteiger partial charge in [0.1, 0.15) is 0 Å². The van der Waals surface area contributed by atoms with Crippen LogP contribution in [0.2, 0.25) is 0 Å². The maximum Gasteiger partial charge on any atom is 0.237 e. The summed E-state index contributed by atoms with van der Waals surface area (Å²) >= 11 is 1.56. The maximum atomic E-state index is 12.1. The minimum atomic E-state index is -0.0719. The van der Waals surface area contributed by atoms with Crippen LogP contribution in [-0.2, 0) is 22.6 Å². The third kappa shape index (κ3) is 3.97. The Labute approximate surface area is 146 Å². The Balaban J connectivity index is 1.60. The van der Waals surface area contributed by atoms with Crippen molar-refractivity contribution in [2.45, 2.75) is 37.0 Å². The molecule has 0 radical (unpaired) electrons. The van der Waals surface area contributed by atoms with Crippen LogP contribution in [0.15, 0.2) is 47.4 Å². The van der Waals surface area contributed by atoms with Crippen LogP contribution in [0.5, 0.6) is 0 Å². The zero-order valence-corrected chi connectivity index (χ0v) is 14.6. The highest BCUT2D eigenvalue weighted by atomic mass is 32.2. The summed E-state index contributed by atoms with van der Waals surface area (Å²) in [5, 5.41) is 5.77. The summed E-state index contributed by atoms with van der Waals surface area (Å²) < 4.78 is 0. The van der Waals surface area contributed by atoms with Gasteiger partial charge >= 0.3 is 0 Å². The number of thioether (sulfide) groups is 1. The number of nitrogens with one attached hydrogen (secondary N) is 2. The van der Waals surface area contributed by atoms with Gasteiger partial charge in [-0.2, -0.15) is 0 Å². The van der Waals surface area contributed by atoms with Gasteiger partial charge in [-0.15, -0.1) is 11.8 Å². The molecule has 3 rings (SSSR count). The number of carbonyl (C=O) groups excluding carboxylic acids is 2. The van der Waals surface area contributed by atoms with E-state index in [9.17, 15) is 9.59 Å². The largest absolute Gasteiger partial charge is 0.352 e. The van der Waals surface area contributed by atoms with E-state index in [4.69, 9.17) is 0 Å². The fourth-order valence-corrected chi connectivity index (χ4v) is 3.57. The van der Waals surface area contributed by atoms with Gasteiger partial charge in [-0.3, -0.25) is 9.59 Å². The Hall–Kier alpha value is -2.27. The predicted molar refractivity (Wildman–Crippen MR) is 97.1 cm³/mol. The topological polar surface area (TPSA) is 58.2 Å². The number of anilines is 1. The lowest BCUT2D eigenvalue weighted by atomic mass is 10.1. The highest BCUT2D eigenvalue weighted by molar-refractivity contribution is 8.00. The molecule has 0 spiro atoms. The van der Waals surface area contributed by atoms with E-state index < -0.39 is 0 Å². The van der Waals surface area contributed by atoms with Crippen molar-refractivity contribution in [1.29, 1.82) is 0 Å². The lowest BCUT2D eigenvalue weighted by Gasteiger charge is -2.22. The second kappa shape index (κ2) is 7.09. The molecule has 0 aliphatic carbocycles. The summed E-state index contributed by atoms with van der Waals surface area (Å²) in [7, 11) is 0. The lowest BCUT2D eigenvalue weighted by Crippen LogP contribution is -2.27. The van der Waals surface area contributed by atoms with E-state index in [0.29, 0.717) is 13.0 Å². The molecular weight excluding hydrogens is 320 g/mol. The first-order valence-electron chi connectivity index (χ1n) is 7.94. The molecule has 2 aromatic carbocycles. The van der Waals surface area contributed by atoms with E-state index in [-0.39, 0.29) is 17.1 Å². The van der Waals surface area contributed by atoms with E-state index in [2.05, 4.69) is 10.6 Å². The van der Waals surface area contributed by atoms with E-state index in [0.717, 1.165) is 27.3 Å². The van der Waals surface area contributed by atoms with Crippen molar-refractivity contribution in [3.8, 4) is 0 Å². The SMILES string of the molecule is Cc1cccc(CC(=O)NCc2ccc3c(c2)NC(=O)C(C)S3)c1. The van der Waals surface area contributed by atoms with Crippen LogP contribution >= 0.6 is 11.8 Å². The van der Waals surface area contributed by atoms with Crippen molar-refractivity contribution in [2.75, 3.05) is 5.32 Å². The Kier molecular flexibility index (Phi) is 4.90. The van der Waals surface area contributed by atoms with Crippen LogP contribution in [0.4, 0.5) is 5.69 Å². The summed E-state index contributed by atoms with van der Waals surface area (Å²) in [6, 6.07) is 13.9. The van der Waals surface area contributed by atoms with Crippen molar-refractivity contribution in [3.05, 3.63) is 59.2 Å². The molecule has 0 saturated heterocycles. The molecule has 0 fully saturated rings. The fourth-order valence-electron chi connectivity index (χ4n) is 2.64. The number of aryl methyl sites for hydroxylation is 1. The van der Waals surface area contributed by atoms with Gasteiger partial charge in [-0.05, 0) is 37.1 Å². The number of hydrogen-bond donors (Lipinski definition) is 2. The highest BCUT2D eigenvalue weighted by Gasteiger charge is 2.22. The zero-order chi connectivity index (χ0) is 17.1. The van der Waals surface area contributed by atoms with E-state index in [1.807, 2.05) is 56.3 Å². The average Bonchev–Trinajstić information content (AvgIpc) is 2.54. The van der Waals surface area contributed by atoms with E-state index in [1.165, 1.54) is 0 Å². The van der Waals surface area contributed by atoms with Crippen LogP contribution in [0.1, 0.15) is 23.6 Å². The summed E-state index contributed by atoms with van der Waals surface area (Å²) in [4.78, 5) is 24.9. The number of fused-ring (bicyclic) bond motifs is 1. The molecule has 24 heavy (non-hydrogen) atoms. The molecule has 4 nitrogen and oxygen atoms in total. The third-order valence-electron chi connectivity index (χ3n) is 3.91. The number of benzene rings is 2. The van der Waals surface area contributed by atoms with E-state index >= 15 is 0 Å². The molecule has 1 aliphatic rings. The predicted octanol–water partition coefficient (Wildman–Crippen LogP) is 3.29. The summed E-state index contributed by atoms with van der Waals surface area (Å²) in [5.74, 6) is 0.0125. The molecule has 2 N–H and O–H groups in total. The van der Waals surface area contributed by atoms with Gasteiger partial charge in [0.2, 0.25) is 11.8 Å². The summed E-state index contributed by atoms with van der Waals surface area (Å²) in [5.41, 5.74) is 3.96. The number of amides is 2. The third-order valence-corrected chi connectivity index (χ3v) is 5.09. The molecule has 1 unspecified atom stereocenters. The Morgan fingerprint density at radius 1 is 1.21 bits per heavy atom. The van der Waals surface area contributed by atoms with Gasteiger partial charge in [0, 0.05) is 11.4 Å². The molecule has 124 valence electrons. The normalized spacial score (nSPS) is 16.2. The highest BCUT2D eigenvalue weighted by Crippen LogP contribution is 2.35. The number of rotatable bonds is 4. The van der Waals surface area contributed by atoms with Crippen molar-refractivity contribution in [1.82, 2.24) is 5.32 Å². The first-order valence-corrected chi connectivity index (χ1v) is 8.82. The standard InChI is InChI=1S/C19H20N2O2S/c1-12-4-3-5-14(8-12)10-18(22)20-11-15-6-7-17-16(9-15)21-19(23)13(2)24-17/h3-9,13H,10-11H2,1-2H3,(H,20,22)(H,21,23). The van der Waals surface area contributed by atoms with Crippen LogP contribution in [-0.4, -0.2) is 17.1 Å². The zero-order valence-electron chi connectivity index (χ0n) is 13.8. The molecule has 0 saturated carbocycles. The van der Waals surface area contributed by atoms with Crippen LogP contribution in [0, 0.1) is 6.92 Å². The van der Waals surface area contributed by atoms with Crippen LogP contribution in [0.3, 0.4) is 0 Å². The van der Waals surface area contributed by atoms with Crippen molar-refractivity contribution in [3.63, 3.8) is 0 Å². The van der Waals surface area contributed by atoms with Crippen molar-refractivity contribution >= 4 is 29.3 Å². The summed E-state index contributed by atoms with van der Waals surface area (Å²) in [6.07, 6.45) is 0.372. The Morgan fingerprint density at radius 2 is 2.04 bits per heavy atom. The quantitative estimate of drug-likeness (QED) is 0.898. The van der Waals surface area contributed by atoms with Crippen LogP contribution in [0.25, 0.3) is 0 Å². The monoisotopic (exact) mass is 340 g/mol. The van der Waals surface area contributed by atoms with Crippen molar-refractivity contribution < 1.29 is 9.59 Å². The van der Waals surface area contributed by atoms with E-state index in [1.54, 1.807) is 11.8 Å². The van der Waals surface area contributed by atoms with Gasteiger partial charge in [0.05, 0.1) is 17.4 Å². The first kappa shape index (κ1) is 16.6. The molecule has 2 aromatic rings. The number of carbonyl (C=O) groups is 2. The van der Waals surface area contributed by atoms with Gasteiger partial charge in [0.25, 0.3) is 0 Å². The van der Waals surface area contributed by atoms with Gasteiger partial charge in [-0.25, -0.2) is 0 Å². The maximum absolute atomic E-state index is 12.1. The first-order chi connectivity index (χ1) is 11.5. The molecule has 0 bridgehead atoms. The van der Waals surface area contributed by atoms with Gasteiger partial charge in [0.15, 0.2) is 0 Å². The van der Waals surface area contributed by atoms with Gasteiger partial charge in [-0.1, -0.05) is 35.9 Å². The molecule has 5 heteroatoms. The Morgan fingerprint density at radius 3 is 2.83 bits per heavy atom. The van der Waals surface area contributed by atoms with Crippen molar-refractivity contribution in [2.24, 2.45) is 0 Å². The molecule has 0 aromatic heterocycles. The minimum Gasteiger partial charge on any atom is -0.352 e. The molecule has 2 amide bonds. The molecule has 1 heterocycles. The molecule has 1 atom stereocenters. The lowest BCUT2D eigenvalue weighted by molar-refractivity contribution is -0.120. The minimum absolute atomic E-state index is 0.00893. The average molecular weight is 340 g/mol. The van der Waals surface area contributed by atoms with Gasteiger partial charge < -0.3 is 10.6 Å². The fraction of sp³-hybridized carbons (Fsp3) is 0.263.